The molecular weight excluding hydrogens is 372 g/mol. The van der Waals surface area contributed by atoms with Gasteiger partial charge in [0.1, 0.15) is 5.69 Å². The van der Waals surface area contributed by atoms with Gasteiger partial charge in [-0.25, -0.2) is 4.98 Å². The maximum absolute atomic E-state index is 4.56. The lowest BCUT2D eigenvalue weighted by Gasteiger charge is -2.02. The number of hydrogen-bond acceptors (Lipinski definition) is 4. The van der Waals surface area contributed by atoms with Crippen molar-refractivity contribution >= 4 is 21.9 Å². The number of benzene rings is 1. The number of nitrogens with zero attached hydrogens (tertiary/aromatic N) is 4. The number of H-pyrrole nitrogens is 2. The molecule has 2 N–H and O–H groups in total. The van der Waals surface area contributed by atoms with E-state index in [2.05, 4.69) is 60.5 Å². The minimum absolute atomic E-state index is 0.755. The number of hydrogen-bond donors (Lipinski definition) is 2. The summed E-state index contributed by atoms with van der Waals surface area (Å²) in [4.78, 5) is 16.4. The molecule has 6 rings (SSSR count). The van der Waals surface area contributed by atoms with Crippen molar-refractivity contribution in [2.24, 2.45) is 0 Å². The molecule has 6 nitrogen and oxygen atoms in total. The lowest BCUT2D eigenvalue weighted by Crippen LogP contribution is -1.83. The molecule has 0 fully saturated rings. The smallest absolute Gasteiger partial charge is 0.155 e. The molecule has 142 valence electrons. The van der Waals surface area contributed by atoms with Crippen LogP contribution in [0.2, 0.25) is 0 Å². The Labute approximate surface area is 171 Å². The zero-order valence-corrected chi connectivity index (χ0v) is 15.9. The molecule has 5 aromatic heterocycles. The van der Waals surface area contributed by atoms with Gasteiger partial charge in [-0.3, -0.25) is 15.1 Å². The topological polar surface area (TPSA) is 83.1 Å². The van der Waals surface area contributed by atoms with Gasteiger partial charge in [-0.1, -0.05) is 18.2 Å². The molecule has 0 bridgehead atoms. The highest BCUT2D eigenvalue weighted by Crippen LogP contribution is 2.34. The Morgan fingerprint density at radius 3 is 2.50 bits per heavy atom. The first-order valence-electron chi connectivity index (χ1n) is 9.64. The second-order valence-electron chi connectivity index (χ2n) is 7.12. The van der Waals surface area contributed by atoms with E-state index in [9.17, 15) is 0 Å². The first-order chi connectivity index (χ1) is 14.9. The van der Waals surface area contributed by atoms with Crippen molar-refractivity contribution in [1.29, 1.82) is 0 Å². The zero-order valence-electron chi connectivity index (χ0n) is 15.9. The summed E-state index contributed by atoms with van der Waals surface area (Å²) in [5, 5.41) is 9.72. The number of fused-ring (bicyclic) bond motifs is 2. The molecule has 1 aromatic carbocycles. The molecule has 0 saturated carbocycles. The number of rotatable bonds is 3. The van der Waals surface area contributed by atoms with Crippen LogP contribution in [0.1, 0.15) is 0 Å². The quantitative estimate of drug-likeness (QED) is 0.435. The van der Waals surface area contributed by atoms with Crippen molar-refractivity contribution in [3.8, 4) is 33.6 Å². The average Bonchev–Trinajstić information content (AvgIpc) is 3.43. The lowest BCUT2D eigenvalue weighted by atomic mass is 10.0. The van der Waals surface area contributed by atoms with Gasteiger partial charge in [0.25, 0.3) is 0 Å². The van der Waals surface area contributed by atoms with E-state index in [1.807, 2.05) is 49.1 Å². The van der Waals surface area contributed by atoms with Crippen LogP contribution < -0.4 is 0 Å². The summed E-state index contributed by atoms with van der Waals surface area (Å²) in [6.45, 7) is 0. The lowest BCUT2D eigenvalue weighted by molar-refractivity contribution is 1.10. The standard InChI is InChI=1S/C24H16N6/c1-4-18(15-6-9-25-10-7-15)19-12-22(28-21(19)5-1)23-20-11-17(14-27-24(20)30-29-23)16-3-2-8-26-13-16/h1-14,28H,(H,27,29,30). The Morgan fingerprint density at radius 2 is 1.63 bits per heavy atom. The van der Waals surface area contributed by atoms with Crippen LogP contribution in [0.4, 0.5) is 0 Å². The zero-order chi connectivity index (χ0) is 19.9. The number of pyridine rings is 3. The van der Waals surface area contributed by atoms with Crippen molar-refractivity contribution in [3.63, 3.8) is 0 Å². The third-order valence-corrected chi connectivity index (χ3v) is 5.32. The molecule has 6 aromatic rings. The first kappa shape index (κ1) is 16.6. The Hall–Kier alpha value is -4.32. The molecule has 0 unspecified atom stereocenters. The summed E-state index contributed by atoms with van der Waals surface area (Å²) < 4.78 is 0. The van der Waals surface area contributed by atoms with Gasteiger partial charge >= 0.3 is 0 Å². The van der Waals surface area contributed by atoms with E-state index in [1.54, 1.807) is 6.20 Å². The maximum atomic E-state index is 4.56. The van der Waals surface area contributed by atoms with Gasteiger partial charge in [0.15, 0.2) is 5.65 Å². The predicted molar refractivity (Wildman–Crippen MR) is 118 cm³/mol. The molecule has 6 heteroatoms. The van der Waals surface area contributed by atoms with E-state index in [0.717, 1.165) is 55.6 Å². The maximum Gasteiger partial charge on any atom is 0.155 e. The van der Waals surface area contributed by atoms with Gasteiger partial charge in [-0.05, 0) is 47.5 Å². The molecule has 5 heterocycles. The van der Waals surface area contributed by atoms with Crippen molar-refractivity contribution in [3.05, 3.63) is 85.6 Å². The third kappa shape index (κ3) is 2.66. The van der Waals surface area contributed by atoms with Crippen LogP contribution in [-0.4, -0.2) is 30.1 Å². The van der Waals surface area contributed by atoms with Crippen LogP contribution in [0.15, 0.2) is 85.6 Å². The minimum Gasteiger partial charge on any atom is -0.353 e. The summed E-state index contributed by atoms with van der Waals surface area (Å²) in [6, 6.07) is 18.5. The monoisotopic (exact) mass is 388 g/mol. The van der Waals surface area contributed by atoms with Crippen molar-refractivity contribution in [2.75, 3.05) is 0 Å². The number of aromatic amines is 2. The fourth-order valence-corrected chi connectivity index (χ4v) is 3.87. The normalized spacial score (nSPS) is 11.3. The van der Waals surface area contributed by atoms with E-state index >= 15 is 0 Å². The highest BCUT2D eigenvalue weighted by Gasteiger charge is 2.15. The van der Waals surface area contributed by atoms with Crippen LogP contribution >= 0.6 is 0 Å². The Kier molecular flexibility index (Phi) is 3.67. The molecule has 0 aliphatic carbocycles. The molecule has 0 amide bonds. The first-order valence-corrected chi connectivity index (χ1v) is 9.64. The van der Waals surface area contributed by atoms with Gasteiger partial charge in [0.2, 0.25) is 0 Å². The molecule has 0 aliphatic heterocycles. The van der Waals surface area contributed by atoms with E-state index in [4.69, 9.17) is 0 Å². The van der Waals surface area contributed by atoms with Gasteiger partial charge in [0.05, 0.1) is 5.69 Å². The average molecular weight is 388 g/mol. The molecule has 0 radical (unpaired) electrons. The number of aromatic nitrogens is 6. The van der Waals surface area contributed by atoms with E-state index in [1.165, 1.54) is 0 Å². The Morgan fingerprint density at radius 1 is 0.700 bits per heavy atom. The van der Waals surface area contributed by atoms with Crippen LogP contribution in [0.5, 0.6) is 0 Å². The predicted octanol–water partition coefficient (Wildman–Crippen LogP) is 5.23. The Bertz CT molecular complexity index is 1480. The Balaban J connectivity index is 1.52. The van der Waals surface area contributed by atoms with Crippen molar-refractivity contribution < 1.29 is 0 Å². The summed E-state index contributed by atoms with van der Waals surface area (Å²) in [5.74, 6) is 0. The molecule has 30 heavy (non-hydrogen) atoms. The SMILES string of the molecule is c1cncc(-c2cnc3[nH]nc(-c4cc5c(-c6ccncc6)cccc5[nH]4)c3c2)c1. The summed E-state index contributed by atoms with van der Waals surface area (Å²) >= 11 is 0. The van der Waals surface area contributed by atoms with Gasteiger partial charge in [0, 0.05) is 58.4 Å². The van der Waals surface area contributed by atoms with Crippen LogP contribution in [0.25, 0.3) is 55.6 Å². The van der Waals surface area contributed by atoms with Crippen molar-refractivity contribution in [2.45, 2.75) is 0 Å². The molecule has 0 saturated heterocycles. The van der Waals surface area contributed by atoms with E-state index in [0.29, 0.717) is 0 Å². The second kappa shape index (κ2) is 6.63. The molecule has 0 atom stereocenters. The summed E-state index contributed by atoms with van der Waals surface area (Å²) in [6.07, 6.45) is 9.08. The highest BCUT2D eigenvalue weighted by molar-refractivity contribution is 6.01. The molecule has 0 spiro atoms. The van der Waals surface area contributed by atoms with Gasteiger partial charge < -0.3 is 4.98 Å². The van der Waals surface area contributed by atoms with Crippen molar-refractivity contribution in [1.82, 2.24) is 30.1 Å². The summed E-state index contributed by atoms with van der Waals surface area (Å²) in [5.41, 5.74) is 7.93. The summed E-state index contributed by atoms with van der Waals surface area (Å²) in [7, 11) is 0. The van der Waals surface area contributed by atoms with E-state index in [-0.39, 0.29) is 0 Å². The number of nitrogens with one attached hydrogen (secondary N) is 2. The van der Waals surface area contributed by atoms with E-state index < -0.39 is 0 Å². The second-order valence-corrected chi connectivity index (χ2v) is 7.12. The van der Waals surface area contributed by atoms with Crippen LogP contribution in [0.3, 0.4) is 0 Å². The molecule has 0 aliphatic rings. The minimum atomic E-state index is 0.755. The molecular formula is C24H16N6. The van der Waals surface area contributed by atoms with Gasteiger partial charge in [-0.15, -0.1) is 0 Å². The van der Waals surface area contributed by atoms with Crippen LogP contribution in [-0.2, 0) is 0 Å². The fourth-order valence-electron chi connectivity index (χ4n) is 3.87. The highest BCUT2D eigenvalue weighted by atomic mass is 15.2. The third-order valence-electron chi connectivity index (χ3n) is 5.32. The largest absolute Gasteiger partial charge is 0.353 e. The fraction of sp³-hybridized carbons (Fsp3) is 0. The van der Waals surface area contributed by atoms with Crippen LogP contribution in [0, 0.1) is 0 Å². The van der Waals surface area contributed by atoms with Gasteiger partial charge in [-0.2, -0.15) is 5.10 Å².